The number of H-pyrrole nitrogens is 1. The molecule has 1 aromatic heterocycles. The van der Waals surface area contributed by atoms with Crippen LogP contribution in [0.2, 0.25) is 0 Å². The third kappa shape index (κ3) is 10.8. The zero-order valence-electron chi connectivity index (χ0n) is 32.5. The monoisotopic (exact) mass is 771 g/mol. The van der Waals surface area contributed by atoms with E-state index in [0.29, 0.717) is 24.5 Å². The number of aromatic amines is 1. The molecule has 2 heterocycles. The molecule has 6 atom stereocenters. The van der Waals surface area contributed by atoms with Gasteiger partial charge < -0.3 is 37.5 Å². The number of benzene rings is 1. The molecule has 1 N–H and O–H groups in total. The van der Waals surface area contributed by atoms with Crippen LogP contribution in [0.5, 0.6) is 11.5 Å². The molecule has 1 fully saturated rings. The third-order valence-electron chi connectivity index (χ3n) is 8.92. The number of carbonyl (C=O) groups is 1. The topological polar surface area (TPSA) is 149 Å². The van der Waals surface area contributed by atoms with Gasteiger partial charge >= 0.3 is 11.7 Å². The lowest BCUT2D eigenvalue weighted by Gasteiger charge is -2.40. The Bertz CT molecular complexity index is 1510. The van der Waals surface area contributed by atoms with Crippen LogP contribution in [0.1, 0.15) is 78.7 Å². The van der Waals surface area contributed by atoms with E-state index in [4.69, 9.17) is 37.5 Å². The number of nitrogens with zero attached hydrogens (tertiary/aromatic N) is 2. The maximum Gasteiger partial charge on any atom is 0.330 e. The van der Waals surface area contributed by atoms with E-state index in [9.17, 15) is 14.4 Å². The molecule has 3 unspecified atom stereocenters. The first kappa shape index (κ1) is 43.9. The van der Waals surface area contributed by atoms with Crippen molar-refractivity contribution in [1.82, 2.24) is 14.2 Å². The fourth-order valence-corrected chi connectivity index (χ4v) is 8.82. The minimum absolute atomic E-state index is 0.00847. The summed E-state index contributed by atoms with van der Waals surface area (Å²) in [6.07, 6.45) is -0.336. The van der Waals surface area contributed by atoms with Crippen LogP contribution in [0, 0.1) is 12.3 Å². The van der Waals surface area contributed by atoms with E-state index in [-0.39, 0.29) is 31.9 Å². The Morgan fingerprint density at radius 2 is 1.69 bits per heavy atom. The SMILES string of the molecule is CCOC(=O)C(CC)(COCSCc1c(OC)cc(C)cc1OC)COP(OC1[C@@H](CC)O[C@@H](n2ccc(=O)[nH]c2=O)[C@H]1OC)N(C(C)C)C(C)C. The van der Waals surface area contributed by atoms with Crippen LogP contribution in [-0.2, 0) is 38.5 Å². The Balaban J connectivity index is 1.85. The van der Waals surface area contributed by atoms with E-state index in [1.54, 1.807) is 21.1 Å². The minimum Gasteiger partial charge on any atom is -0.496 e. The summed E-state index contributed by atoms with van der Waals surface area (Å²) < 4.78 is 52.2. The molecule has 2 aromatic rings. The van der Waals surface area contributed by atoms with E-state index < -0.39 is 55.7 Å². The van der Waals surface area contributed by atoms with E-state index in [2.05, 4.69) is 37.3 Å². The second kappa shape index (κ2) is 20.8. The number of nitrogens with one attached hydrogen (secondary N) is 1. The summed E-state index contributed by atoms with van der Waals surface area (Å²) in [5, 5.41) is 0. The average Bonchev–Trinajstić information content (AvgIpc) is 3.45. The van der Waals surface area contributed by atoms with Crippen molar-refractivity contribution in [1.29, 1.82) is 0 Å². The molecule has 294 valence electrons. The zero-order valence-corrected chi connectivity index (χ0v) is 34.2. The number of aryl methyl sites for hydroxylation is 1. The average molecular weight is 772 g/mol. The summed E-state index contributed by atoms with van der Waals surface area (Å²) in [5.41, 5.74) is -0.289. The van der Waals surface area contributed by atoms with Gasteiger partial charge in [0.25, 0.3) is 14.1 Å². The second-order valence-electron chi connectivity index (χ2n) is 13.2. The van der Waals surface area contributed by atoms with Crippen LogP contribution < -0.4 is 20.7 Å². The molecule has 16 heteroatoms. The first-order valence-electron chi connectivity index (χ1n) is 17.7. The molecule has 1 aromatic carbocycles. The molecule has 0 spiro atoms. The van der Waals surface area contributed by atoms with Crippen LogP contribution in [0.4, 0.5) is 0 Å². The van der Waals surface area contributed by atoms with E-state index in [1.807, 2.05) is 32.9 Å². The molecule has 0 aliphatic carbocycles. The van der Waals surface area contributed by atoms with Crippen molar-refractivity contribution in [3.63, 3.8) is 0 Å². The lowest BCUT2D eigenvalue weighted by molar-refractivity contribution is -0.162. The molecule has 1 aliphatic rings. The number of thioether (sulfide) groups is 1. The molecule has 3 rings (SSSR count). The normalized spacial score (nSPS) is 20.7. The van der Waals surface area contributed by atoms with Gasteiger partial charge in [-0.15, -0.1) is 11.8 Å². The Morgan fingerprint density at radius 3 is 2.21 bits per heavy atom. The molecule has 1 aliphatic heterocycles. The second-order valence-corrected chi connectivity index (χ2v) is 15.5. The summed E-state index contributed by atoms with van der Waals surface area (Å²) in [6, 6.07) is 5.22. The van der Waals surface area contributed by atoms with Gasteiger partial charge in [-0.25, -0.2) is 9.46 Å². The Hall–Kier alpha value is -2.49. The van der Waals surface area contributed by atoms with Gasteiger partial charge in [0.1, 0.15) is 29.1 Å². The number of esters is 1. The molecule has 0 amide bonds. The van der Waals surface area contributed by atoms with Gasteiger partial charge in [-0.2, -0.15) is 0 Å². The fraction of sp³-hybridized carbons (Fsp3) is 0.694. The first-order chi connectivity index (χ1) is 24.8. The highest BCUT2D eigenvalue weighted by Crippen LogP contribution is 2.52. The van der Waals surface area contributed by atoms with Gasteiger partial charge in [-0.05, 0) is 72.1 Å². The molecule has 0 saturated carbocycles. The van der Waals surface area contributed by atoms with Crippen LogP contribution >= 0.6 is 20.3 Å². The Morgan fingerprint density at radius 1 is 1.04 bits per heavy atom. The summed E-state index contributed by atoms with van der Waals surface area (Å²) in [5.74, 6) is 1.95. The molecular formula is C36H58N3O11PS. The van der Waals surface area contributed by atoms with Crippen molar-refractivity contribution in [3.8, 4) is 11.5 Å². The number of aromatic nitrogens is 2. The molecule has 52 heavy (non-hydrogen) atoms. The predicted molar refractivity (Wildman–Crippen MR) is 202 cm³/mol. The highest BCUT2D eigenvalue weighted by Gasteiger charge is 2.49. The molecule has 1 saturated heterocycles. The maximum absolute atomic E-state index is 13.7. The number of carbonyl (C=O) groups excluding carboxylic acids is 1. The summed E-state index contributed by atoms with van der Waals surface area (Å²) in [7, 11) is 2.98. The molecule has 14 nitrogen and oxygen atoms in total. The third-order valence-corrected chi connectivity index (χ3v) is 11.8. The molecular weight excluding hydrogens is 713 g/mol. The summed E-state index contributed by atoms with van der Waals surface area (Å²) in [6.45, 7) is 16.1. The highest BCUT2D eigenvalue weighted by atomic mass is 32.2. The quantitative estimate of drug-likeness (QED) is 0.0666. The lowest BCUT2D eigenvalue weighted by atomic mass is 9.87. The predicted octanol–water partition coefficient (Wildman–Crippen LogP) is 5.80. The van der Waals surface area contributed by atoms with E-state index in [1.165, 1.54) is 35.7 Å². The van der Waals surface area contributed by atoms with Crippen molar-refractivity contribution in [2.75, 3.05) is 47.1 Å². The number of hydrogen-bond donors (Lipinski definition) is 1. The highest BCUT2D eigenvalue weighted by molar-refractivity contribution is 7.98. The number of ether oxygens (including phenoxy) is 6. The Kier molecular flexibility index (Phi) is 17.6. The van der Waals surface area contributed by atoms with Crippen LogP contribution in [0.15, 0.2) is 34.0 Å². The van der Waals surface area contributed by atoms with E-state index in [0.717, 1.165) is 22.6 Å². The fourth-order valence-electron chi connectivity index (χ4n) is 6.16. The van der Waals surface area contributed by atoms with Crippen molar-refractivity contribution >= 4 is 26.3 Å². The Labute approximate surface area is 313 Å². The van der Waals surface area contributed by atoms with Crippen LogP contribution in [-0.4, -0.2) is 97.7 Å². The van der Waals surface area contributed by atoms with Crippen LogP contribution in [0.3, 0.4) is 0 Å². The lowest BCUT2D eigenvalue weighted by Crippen LogP contribution is -2.43. The molecule has 0 radical (unpaired) electrons. The smallest absolute Gasteiger partial charge is 0.330 e. The minimum atomic E-state index is -1.82. The number of methoxy groups -OCH3 is 3. The van der Waals surface area contributed by atoms with Gasteiger partial charge in [-0.3, -0.25) is 19.1 Å². The summed E-state index contributed by atoms with van der Waals surface area (Å²) in [4.78, 5) is 40.5. The van der Waals surface area contributed by atoms with Gasteiger partial charge in [-0.1, -0.05) is 13.8 Å². The van der Waals surface area contributed by atoms with Crippen LogP contribution in [0.25, 0.3) is 0 Å². The molecule has 0 bridgehead atoms. The largest absolute Gasteiger partial charge is 0.496 e. The van der Waals surface area contributed by atoms with Gasteiger partial charge in [0, 0.05) is 42.8 Å². The summed E-state index contributed by atoms with van der Waals surface area (Å²) >= 11 is 1.54. The van der Waals surface area contributed by atoms with Crippen molar-refractivity contribution < 1.29 is 42.3 Å². The van der Waals surface area contributed by atoms with Crippen molar-refractivity contribution in [2.45, 2.75) is 111 Å². The van der Waals surface area contributed by atoms with E-state index >= 15 is 0 Å². The van der Waals surface area contributed by atoms with Gasteiger partial charge in [0.15, 0.2) is 6.23 Å². The maximum atomic E-state index is 13.7. The van der Waals surface area contributed by atoms with Crippen molar-refractivity contribution in [3.05, 3.63) is 56.4 Å². The van der Waals surface area contributed by atoms with Crippen molar-refractivity contribution in [2.24, 2.45) is 5.41 Å². The number of hydrogen-bond acceptors (Lipinski definition) is 13. The number of rotatable bonds is 22. The van der Waals surface area contributed by atoms with Gasteiger partial charge in [0.2, 0.25) is 0 Å². The standard InChI is InChI=1S/C36H58N3O11PS/c1-12-27-31(32(45-11)33(49-27)38-16-15-30(40)37-35(38)42)50-51(39(23(4)5)24(6)7)48-21-36(13-2,34(41)47-14-3)20-46-22-52-19-26-28(43-9)17-25(8)18-29(26)44-10/h15-18,23-24,27,31-33H,12-14,19-22H2,1-11H3,(H,37,40,42)/t27-,31?,32+,33-,36?,51?/m1/s1. The van der Waals surface area contributed by atoms with Gasteiger partial charge in [0.05, 0.1) is 46.1 Å². The first-order valence-corrected chi connectivity index (χ1v) is 20.0. The zero-order chi connectivity index (χ0) is 38.6.